The van der Waals surface area contributed by atoms with Crippen LogP contribution in [0.25, 0.3) is 4.96 Å². The predicted molar refractivity (Wildman–Crippen MR) is 105 cm³/mol. The lowest BCUT2D eigenvalue weighted by Gasteiger charge is -2.61. The standard InChI is InChI=1S/C19H24N2O3S2/c1-11-14-6-12(19(14,2)3)7-15(11)24-17(23)10-25-9-13-8-16(22)21-4-5-26-18(21)20-13/h4-5,8,11-12,14-15H,6-7,9-10H2,1-3H3/t11-,12-,14-,15-/m1/s1. The van der Waals surface area contributed by atoms with Crippen molar-refractivity contribution < 1.29 is 9.53 Å². The van der Waals surface area contributed by atoms with Crippen molar-refractivity contribution in [1.82, 2.24) is 9.38 Å². The lowest BCUT2D eigenvalue weighted by molar-refractivity contribution is -0.183. The van der Waals surface area contributed by atoms with Gasteiger partial charge in [-0.1, -0.05) is 20.8 Å². The molecular formula is C19H24N2O3S2. The zero-order valence-electron chi connectivity index (χ0n) is 15.3. The molecule has 3 aliphatic rings. The second-order valence-electron chi connectivity index (χ2n) is 8.12. The van der Waals surface area contributed by atoms with E-state index in [4.69, 9.17) is 4.74 Å². The molecular weight excluding hydrogens is 368 g/mol. The Morgan fingerprint density at radius 2 is 2.27 bits per heavy atom. The number of thioether (sulfide) groups is 1. The zero-order chi connectivity index (χ0) is 18.5. The van der Waals surface area contributed by atoms with Crippen LogP contribution < -0.4 is 5.56 Å². The van der Waals surface area contributed by atoms with Crippen LogP contribution in [0.3, 0.4) is 0 Å². The summed E-state index contributed by atoms with van der Waals surface area (Å²) in [6.45, 7) is 6.91. The molecule has 0 spiro atoms. The maximum Gasteiger partial charge on any atom is 0.316 e. The van der Waals surface area contributed by atoms with Gasteiger partial charge in [0.15, 0.2) is 4.96 Å². The van der Waals surface area contributed by atoms with E-state index < -0.39 is 0 Å². The van der Waals surface area contributed by atoms with Crippen molar-refractivity contribution in [2.24, 2.45) is 23.2 Å². The largest absolute Gasteiger partial charge is 0.461 e. The summed E-state index contributed by atoms with van der Waals surface area (Å²) in [4.78, 5) is 29.4. The minimum absolute atomic E-state index is 0.0603. The van der Waals surface area contributed by atoms with E-state index in [2.05, 4.69) is 25.8 Å². The Bertz CT molecular complexity index is 888. The number of carbonyl (C=O) groups is 1. The van der Waals surface area contributed by atoms with E-state index in [0.717, 1.165) is 6.42 Å². The van der Waals surface area contributed by atoms with Crippen molar-refractivity contribution in [3.63, 3.8) is 0 Å². The van der Waals surface area contributed by atoms with Gasteiger partial charge in [0.05, 0.1) is 11.4 Å². The fourth-order valence-electron chi connectivity index (χ4n) is 4.66. The molecule has 2 aromatic heterocycles. The monoisotopic (exact) mass is 392 g/mol. The maximum absolute atomic E-state index is 12.2. The summed E-state index contributed by atoms with van der Waals surface area (Å²) in [5.41, 5.74) is 1.04. The number of esters is 1. The molecule has 5 nitrogen and oxygen atoms in total. The highest BCUT2D eigenvalue weighted by molar-refractivity contribution is 7.99. The molecule has 0 amide bonds. The van der Waals surface area contributed by atoms with Gasteiger partial charge in [0, 0.05) is 23.4 Å². The first-order chi connectivity index (χ1) is 12.4. The van der Waals surface area contributed by atoms with Crippen LogP contribution in [0, 0.1) is 23.2 Å². The fraction of sp³-hybridized carbons (Fsp3) is 0.632. The summed E-state index contributed by atoms with van der Waals surface area (Å²) in [5, 5.41) is 1.84. The third kappa shape index (κ3) is 3.09. The third-order valence-corrected chi connectivity index (χ3v) is 8.09. The Hall–Kier alpha value is -1.34. The molecule has 26 heavy (non-hydrogen) atoms. The number of carbonyl (C=O) groups excluding carboxylic acids is 1. The van der Waals surface area contributed by atoms with E-state index in [-0.39, 0.29) is 17.6 Å². The van der Waals surface area contributed by atoms with Crippen molar-refractivity contribution in [2.45, 2.75) is 45.5 Å². The van der Waals surface area contributed by atoms with Gasteiger partial charge in [-0.05, 0) is 36.0 Å². The van der Waals surface area contributed by atoms with Crippen molar-refractivity contribution in [3.8, 4) is 0 Å². The van der Waals surface area contributed by atoms with Crippen molar-refractivity contribution in [2.75, 3.05) is 5.75 Å². The summed E-state index contributed by atoms with van der Waals surface area (Å²) in [6.07, 6.45) is 4.06. The Balaban J connectivity index is 1.28. The van der Waals surface area contributed by atoms with Crippen LogP contribution in [0.5, 0.6) is 0 Å². The molecule has 0 saturated heterocycles. The maximum atomic E-state index is 12.2. The first kappa shape index (κ1) is 18.0. The van der Waals surface area contributed by atoms with Crippen LogP contribution in [-0.4, -0.2) is 27.2 Å². The Morgan fingerprint density at radius 1 is 1.46 bits per heavy atom. The Kier molecular flexibility index (Phi) is 4.63. The smallest absolute Gasteiger partial charge is 0.316 e. The quantitative estimate of drug-likeness (QED) is 0.728. The van der Waals surface area contributed by atoms with Gasteiger partial charge in [-0.25, -0.2) is 4.98 Å². The molecule has 0 radical (unpaired) electrons. The van der Waals surface area contributed by atoms with Gasteiger partial charge < -0.3 is 4.74 Å². The molecule has 3 aliphatic carbocycles. The van der Waals surface area contributed by atoms with Crippen LogP contribution in [0.1, 0.15) is 39.3 Å². The Morgan fingerprint density at radius 3 is 3.00 bits per heavy atom. The average molecular weight is 393 g/mol. The van der Waals surface area contributed by atoms with Crippen molar-refractivity contribution in [1.29, 1.82) is 0 Å². The molecule has 4 atom stereocenters. The van der Waals surface area contributed by atoms with Gasteiger partial charge in [0.1, 0.15) is 6.10 Å². The Labute approximate surface area is 161 Å². The van der Waals surface area contributed by atoms with E-state index in [0.29, 0.717) is 45.3 Å². The van der Waals surface area contributed by atoms with Gasteiger partial charge >= 0.3 is 5.97 Å². The van der Waals surface area contributed by atoms with Gasteiger partial charge in [-0.15, -0.1) is 23.1 Å². The number of aromatic nitrogens is 2. The minimum atomic E-state index is -0.153. The topological polar surface area (TPSA) is 60.7 Å². The number of rotatable bonds is 5. The number of fused-ring (bicyclic) bond motifs is 3. The average Bonchev–Trinajstić information content (AvgIpc) is 3.05. The summed E-state index contributed by atoms with van der Waals surface area (Å²) >= 11 is 2.89. The second kappa shape index (κ2) is 6.68. The first-order valence-electron chi connectivity index (χ1n) is 9.09. The number of hydrogen-bond acceptors (Lipinski definition) is 6. The van der Waals surface area contributed by atoms with E-state index in [1.54, 1.807) is 6.20 Å². The highest BCUT2D eigenvalue weighted by Gasteiger charge is 2.57. The van der Waals surface area contributed by atoms with E-state index in [9.17, 15) is 9.59 Å². The molecule has 2 aromatic rings. The number of hydrogen-bond donors (Lipinski definition) is 0. The lowest BCUT2D eigenvalue weighted by atomic mass is 9.45. The highest BCUT2D eigenvalue weighted by atomic mass is 32.2. The molecule has 7 heteroatoms. The summed E-state index contributed by atoms with van der Waals surface area (Å²) in [6, 6.07) is 1.54. The van der Waals surface area contributed by atoms with Crippen LogP contribution in [0.15, 0.2) is 22.4 Å². The van der Waals surface area contributed by atoms with E-state index in [1.807, 2.05) is 5.38 Å². The fourth-order valence-corrected chi connectivity index (χ4v) is 6.09. The molecule has 0 aliphatic heterocycles. The van der Waals surface area contributed by atoms with Gasteiger partial charge in [-0.2, -0.15) is 0 Å². The minimum Gasteiger partial charge on any atom is -0.461 e. The number of nitrogens with zero attached hydrogens (tertiary/aromatic N) is 2. The van der Waals surface area contributed by atoms with E-state index >= 15 is 0 Å². The third-order valence-electron chi connectivity index (χ3n) is 6.39. The molecule has 5 rings (SSSR count). The van der Waals surface area contributed by atoms with Gasteiger partial charge in [0.2, 0.25) is 0 Å². The molecule has 2 heterocycles. The van der Waals surface area contributed by atoms with Gasteiger partial charge in [0.25, 0.3) is 5.56 Å². The van der Waals surface area contributed by atoms with Crippen LogP contribution in [0.2, 0.25) is 0 Å². The van der Waals surface area contributed by atoms with Gasteiger partial charge in [-0.3, -0.25) is 14.0 Å². The summed E-state index contributed by atoms with van der Waals surface area (Å²) in [5.74, 6) is 2.47. The predicted octanol–water partition coefficient (Wildman–Crippen LogP) is 3.60. The lowest BCUT2D eigenvalue weighted by Crippen LogP contribution is -2.57. The molecule has 0 aromatic carbocycles. The van der Waals surface area contributed by atoms with Crippen molar-refractivity contribution in [3.05, 3.63) is 33.7 Å². The molecule has 0 unspecified atom stereocenters. The summed E-state index contributed by atoms with van der Waals surface area (Å²) < 4.78 is 7.31. The van der Waals surface area contributed by atoms with Crippen LogP contribution in [-0.2, 0) is 15.3 Å². The SMILES string of the molecule is C[C@@H]1[C@H]2C[C@H](C[C@H]1OC(=O)CSCc1cc(=O)n3ccsc3n1)C2(C)C. The second-order valence-corrected chi connectivity index (χ2v) is 9.98. The molecule has 3 saturated carbocycles. The molecule has 140 valence electrons. The van der Waals surface area contributed by atoms with Crippen LogP contribution >= 0.6 is 23.1 Å². The molecule has 3 fully saturated rings. The normalized spacial score (nSPS) is 29.3. The number of ether oxygens (including phenoxy) is 1. The van der Waals surface area contributed by atoms with Crippen LogP contribution in [0.4, 0.5) is 0 Å². The first-order valence-corrected chi connectivity index (χ1v) is 11.1. The molecule has 0 N–H and O–H groups in total. The summed E-state index contributed by atoms with van der Waals surface area (Å²) in [7, 11) is 0. The highest BCUT2D eigenvalue weighted by Crippen LogP contribution is 2.61. The van der Waals surface area contributed by atoms with Crippen molar-refractivity contribution >= 4 is 34.0 Å². The molecule has 2 bridgehead atoms. The zero-order valence-corrected chi connectivity index (χ0v) is 16.9. The number of thiazole rings is 1. The van der Waals surface area contributed by atoms with E-state index in [1.165, 1.54) is 40.0 Å².